The fraction of sp³-hybridized carbons (Fsp3) is 0.286. The number of nitrogens with zero attached hydrogens (tertiary/aromatic N) is 4. The van der Waals surface area contributed by atoms with E-state index in [1.165, 1.54) is 6.07 Å². The predicted molar refractivity (Wildman–Crippen MR) is 102 cm³/mol. The number of halogens is 1. The molecule has 3 heterocycles. The van der Waals surface area contributed by atoms with Crippen molar-refractivity contribution in [3.63, 3.8) is 0 Å². The van der Waals surface area contributed by atoms with Crippen LogP contribution in [0.3, 0.4) is 0 Å². The third-order valence-electron chi connectivity index (χ3n) is 4.90. The maximum absolute atomic E-state index is 14.2. The Bertz CT molecular complexity index is 948. The summed E-state index contributed by atoms with van der Waals surface area (Å²) >= 11 is 0. The first-order valence-electron chi connectivity index (χ1n) is 9.00. The number of anilines is 1. The lowest BCUT2D eigenvalue weighted by Gasteiger charge is -2.35. The maximum atomic E-state index is 14.2. The molecule has 0 N–H and O–H groups in total. The molecular weight excluding hydrogens is 343 g/mol. The van der Waals surface area contributed by atoms with Gasteiger partial charge in [0.1, 0.15) is 17.7 Å². The lowest BCUT2D eigenvalue weighted by molar-refractivity contribution is 0.0372. The van der Waals surface area contributed by atoms with Crippen LogP contribution in [0.15, 0.2) is 48.8 Å². The van der Waals surface area contributed by atoms with Crippen molar-refractivity contribution < 1.29 is 9.13 Å². The monoisotopic (exact) mass is 364 g/mol. The van der Waals surface area contributed by atoms with Gasteiger partial charge in [0.25, 0.3) is 0 Å². The van der Waals surface area contributed by atoms with Crippen molar-refractivity contribution in [1.29, 1.82) is 0 Å². The van der Waals surface area contributed by atoms with E-state index in [-0.39, 0.29) is 11.9 Å². The first-order chi connectivity index (χ1) is 13.1. The van der Waals surface area contributed by atoms with Crippen LogP contribution in [0.2, 0.25) is 0 Å². The average Bonchev–Trinajstić information content (AvgIpc) is 2.71. The molecule has 0 aliphatic carbocycles. The van der Waals surface area contributed by atoms with Crippen LogP contribution >= 0.6 is 0 Å². The Morgan fingerprint density at radius 1 is 1.11 bits per heavy atom. The summed E-state index contributed by atoms with van der Waals surface area (Å²) in [5.74, 6) is 1.28. The highest BCUT2D eigenvalue weighted by molar-refractivity contribution is 5.59. The molecule has 3 aromatic rings. The first-order valence-corrected chi connectivity index (χ1v) is 9.00. The van der Waals surface area contributed by atoms with Crippen molar-refractivity contribution in [2.75, 3.05) is 24.6 Å². The number of aryl methyl sites for hydroxylation is 1. The van der Waals surface area contributed by atoms with Crippen LogP contribution in [-0.2, 0) is 4.74 Å². The van der Waals surface area contributed by atoms with Gasteiger partial charge in [-0.2, -0.15) is 0 Å². The minimum atomic E-state index is -0.323. The smallest absolute Gasteiger partial charge is 0.163 e. The molecular formula is C21H21FN4O. The van der Waals surface area contributed by atoms with Crippen molar-refractivity contribution in [3.05, 3.63) is 71.4 Å². The molecule has 5 nitrogen and oxygen atoms in total. The van der Waals surface area contributed by atoms with Crippen molar-refractivity contribution >= 4 is 5.82 Å². The zero-order valence-electron chi connectivity index (χ0n) is 15.4. The second kappa shape index (κ2) is 7.40. The Hall–Kier alpha value is -2.86. The van der Waals surface area contributed by atoms with Crippen molar-refractivity contribution in [2.45, 2.75) is 20.0 Å². The molecule has 4 rings (SSSR count). The van der Waals surface area contributed by atoms with E-state index < -0.39 is 0 Å². The fourth-order valence-corrected chi connectivity index (χ4v) is 3.31. The van der Waals surface area contributed by atoms with E-state index in [1.54, 1.807) is 24.5 Å². The highest BCUT2D eigenvalue weighted by Gasteiger charge is 2.26. The number of hydrogen-bond acceptors (Lipinski definition) is 5. The first kappa shape index (κ1) is 17.5. The molecule has 0 spiro atoms. The van der Waals surface area contributed by atoms with Crippen LogP contribution in [0.25, 0.3) is 11.4 Å². The van der Waals surface area contributed by atoms with Gasteiger partial charge in [-0.3, -0.25) is 4.98 Å². The Kier molecular flexibility index (Phi) is 4.81. The Morgan fingerprint density at radius 3 is 2.74 bits per heavy atom. The largest absolute Gasteiger partial charge is 0.370 e. The highest BCUT2D eigenvalue weighted by atomic mass is 19.1. The van der Waals surface area contributed by atoms with E-state index in [1.807, 2.05) is 32.0 Å². The second-order valence-corrected chi connectivity index (χ2v) is 6.65. The number of pyridine rings is 1. The summed E-state index contributed by atoms with van der Waals surface area (Å²) < 4.78 is 20.0. The molecule has 138 valence electrons. The molecule has 27 heavy (non-hydrogen) atoms. The van der Waals surface area contributed by atoms with Gasteiger partial charge in [0.05, 0.1) is 6.61 Å². The number of ether oxygens (including phenoxy) is 1. The molecule has 0 saturated carbocycles. The summed E-state index contributed by atoms with van der Waals surface area (Å²) in [6.45, 7) is 5.77. The normalized spacial score (nSPS) is 17.1. The van der Waals surface area contributed by atoms with Crippen LogP contribution in [0.4, 0.5) is 10.2 Å². The van der Waals surface area contributed by atoms with Gasteiger partial charge < -0.3 is 9.64 Å². The molecule has 0 amide bonds. The van der Waals surface area contributed by atoms with Crippen LogP contribution in [0.1, 0.15) is 22.9 Å². The summed E-state index contributed by atoms with van der Waals surface area (Å²) in [6.07, 6.45) is 3.17. The van der Waals surface area contributed by atoms with E-state index in [0.29, 0.717) is 31.1 Å². The third-order valence-corrected chi connectivity index (χ3v) is 4.90. The fourth-order valence-electron chi connectivity index (χ4n) is 3.31. The molecule has 1 fully saturated rings. The van der Waals surface area contributed by atoms with E-state index in [2.05, 4.69) is 14.9 Å². The van der Waals surface area contributed by atoms with Gasteiger partial charge in [0, 0.05) is 47.9 Å². The van der Waals surface area contributed by atoms with Crippen molar-refractivity contribution in [2.24, 2.45) is 0 Å². The molecule has 1 unspecified atom stereocenters. The van der Waals surface area contributed by atoms with E-state index in [9.17, 15) is 4.39 Å². The predicted octanol–water partition coefficient (Wildman–Crippen LogP) is 3.87. The lowest BCUT2D eigenvalue weighted by atomic mass is 10.1. The molecule has 0 radical (unpaired) electrons. The minimum Gasteiger partial charge on any atom is -0.370 e. The van der Waals surface area contributed by atoms with Crippen molar-refractivity contribution in [3.8, 4) is 11.4 Å². The van der Waals surface area contributed by atoms with Crippen LogP contribution in [0, 0.1) is 19.7 Å². The molecule has 1 aromatic carbocycles. The van der Waals surface area contributed by atoms with Gasteiger partial charge in [-0.05, 0) is 32.0 Å². The number of aromatic nitrogens is 3. The van der Waals surface area contributed by atoms with E-state index >= 15 is 0 Å². The summed E-state index contributed by atoms with van der Waals surface area (Å²) in [7, 11) is 0. The van der Waals surface area contributed by atoms with E-state index in [4.69, 9.17) is 9.72 Å². The molecule has 1 saturated heterocycles. The van der Waals surface area contributed by atoms with E-state index in [0.717, 1.165) is 22.6 Å². The lowest BCUT2D eigenvalue weighted by Crippen LogP contribution is -2.39. The number of hydrogen-bond donors (Lipinski definition) is 0. The van der Waals surface area contributed by atoms with Gasteiger partial charge in [0.2, 0.25) is 0 Å². The third kappa shape index (κ3) is 3.53. The molecule has 2 aromatic heterocycles. The van der Waals surface area contributed by atoms with Crippen LogP contribution in [0.5, 0.6) is 0 Å². The zero-order chi connectivity index (χ0) is 18.8. The number of rotatable bonds is 3. The zero-order valence-corrected chi connectivity index (χ0v) is 15.4. The molecule has 1 aliphatic rings. The summed E-state index contributed by atoms with van der Waals surface area (Å²) in [5, 5.41) is 0. The molecule has 0 bridgehead atoms. The summed E-state index contributed by atoms with van der Waals surface area (Å²) in [5.41, 5.74) is 3.41. The Balaban J connectivity index is 1.68. The Morgan fingerprint density at radius 2 is 1.96 bits per heavy atom. The topological polar surface area (TPSA) is 51.1 Å². The van der Waals surface area contributed by atoms with Gasteiger partial charge in [-0.15, -0.1) is 0 Å². The van der Waals surface area contributed by atoms with Crippen molar-refractivity contribution in [1.82, 2.24) is 15.0 Å². The Labute approximate surface area is 157 Å². The second-order valence-electron chi connectivity index (χ2n) is 6.65. The standard InChI is InChI=1S/C21H21FN4O/c1-14-15(2)24-20(16-6-5-9-23-12-16)25-21(14)26-10-11-27-19(13-26)17-7-3-4-8-18(17)22/h3-9,12,19H,10-11,13H2,1-2H3. The average molecular weight is 364 g/mol. The van der Waals surface area contributed by atoms with Crippen LogP contribution < -0.4 is 4.90 Å². The highest BCUT2D eigenvalue weighted by Crippen LogP contribution is 2.30. The van der Waals surface area contributed by atoms with Gasteiger partial charge in [-0.1, -0.05) is 18.2 Å². The molecule has 1 atom stereocenters. The number of morpholine rings is 1. The number of benzene rings is 1. The van der Waals surface area contributed by atoms with Gasteiger partial charge in [0.15, 0.2) is 5.82 Å². The quantitative estimate of drug-likeness (QED) is 0.706. The summed E-state index contributed by atoms with van der Waals surface area (Å²) in [6, 6.07) is 10.6. The summed E-state index contributed by atoms with van der Waals surface area (Å²) in [4.78, 5) is 15.7. The minimum absolute atomic E-state index is 0.240. The van der Waals surface area contributed by atoms with Gasteiger partial charge in [-0.25, -0.2) is 14.4 Å². The van der Waals surface area contributed by atoms with Crippen LogP contribution in [-0.4, -0.2) is 34.6 Å². The van der Waals surface area contributed by atoms with Gasteiger partial charge >= 0.3 is 0 Å². The SMILES string of the molecule is Cc1nc(-c2cccnc2)nc(N2CCOC(c3ccccc3F)C2)c1C. The molecule has 1 aliphatic heterocycles. The maximum Gasteiger partial charge on any atom is 0.163 e. The molecule has 6 heteroatoms.